The molecule has 1 aromatic carbocycles. The molecular formula is C31H36FN5O7S2. The fourth-order valence-corrected chi connectivity index (χ4v) is 8.39. The van der Waals surface area contributed by atoms with Gasteiger partial charge in [0, 0.05) is 36.7 Å². The van der Waals surface area contributed by atoms with Crippen LogP contribution in [0.5, 0.6) is 0 Å². The van der Waals surface area contributed by atoms with Crippen LogP contribution in [0.4, 0.5) is 14.9 Å². The van der Waals surface area contributed by atoms with Crippen LogP contribution in [0.25, 0.3) is 10.6 Å². The molecule has 2 heterocycles. The fraction of sp³-hybridized carbons (Fsp3) is 0.516. The van der Waals surface area contributed by atoms with Crippen molar-refractivity contribution < 1.29 is 36.7 Å². The summed E-state index contributed by atoms with van der Waals surface area (Å²) in [6, 6.07) is 3.92. The van der Waals surface area contributed by atoms with Gasteiger partial charge in [0.1, 0.15) is 22.5 Å². The molecule has 0 bridgehead atoms. The third-order valence-electron chi connectivity index (χ3n) is 9.15. The number of hydrogen-bond acceptors (Lipinski definition) is 9. The van der Waals surface area contributed by atoms with E-state index in [0.29, 0.717) is 36.4 Å². The first kappa shape index (κ1) is 32.1. The quantitative estimate of drug-likeness (QED) is 0.392. The van der Waals surface area contributed by atoms with Crippen molar-refractivity contribution in [1.82, 2.24) is 19.9 Å². The SMILES string of the molecule is CN1CCCCC=C[C@@H]2C[C@@]2(C(=O)NS(=O)(=O)C2CC2)NC(=O)[C@@H]2C[C@@H](OC(=O)Nc3cc(F)ccc3-c3nccs3)C[C@H]2C1=O. The van der Waals surface area contributed by atoms with Gasteiger partial charge in [-0.2, -0.15) is 0 Å². The molecule has 1 aromatic heterocycles. The van der Waals surface area contributed by atoms with Crippen molar-refractivity contribution in [3.8, 4) is 10.6 Å². The van der Waals surface area contributed by atoms with Gasteiger partial charge in [-0.1, -0.05) is 12.2 Å². The average Bonchev–Trinajstić information content (AvgIpc) is 3.87. The molecule has 12 nitrogen and oxygen atoms in total. The minimum atomic E-state index is -3.85. The number of hydrogen-bond donors (Lipinski definition) is 3. The van der Waals surface area contributed by atoms with Crippen LogP contribution in [0, 0.1) is 23.6 Å². The van der Waals surface area contributed by atoms with E-state index < -0.39 is 68.4 Å². The molecule has 5 atom stereocenters. The molecule has 4 amide bonds. The number of allylic oxidation sites excluding steroid dienone is 1. The van der Waals surface area contributed by atoms with Crippen LogP contribution in [0.3, 0.4) is 0 Å². The highest BCUT2D eigenvalue weighted by Crippen LogP contribution is 2.47. The van der Waals surface area contributed by atoms with E-state index in [0.717, 1.165) is 18.9 Å². The van der Waals surface area contributed by atoms with Crippen molar-refractivity contribution in [3.63, 3.8) is 0 Å². The summed E-state index contributed by atoms with van der Waals surface area (Å²) in [5.74, 6) is -4.39. The molecule has 3 N–H and O–H groups in total. The van der Waals surface area contributed by atoms with Crippen molar-refractivity contribution in [1.29, 1.82) is 0 Å². The molecule has 246 valence electrons. The van der Waals surface area contributed by atoms with E-state index in [9.17, 15) is 32.0 Å². The van der Waals surface area contributed by atoms with Crippen molar-refractivity contribution in [2.45, 2.75) is 68.3 Å². The van der Waals surface area contributed by atoms with Crippen LogP contribution in [-0.2, 0) is 29.1 Å². The topological polar surface area (TPSA) is 164 Å². The number of rotatable bonds is 6. The normalized spacial score (nSPS) is 28.3. The molecule has 4 aliphatic rings. The van der Waals surface area contributed by atoms with Gasteiger partial charge in [0.2, 0.25) is 21.8 Å². The van der Waals surface area contributed by atoms with E-state index in [1.165, 1.54) is 23.5 Å². The molecular weight excluding hydrogens is 638 g/mol. The van der Waals surface area contributed by atoms with Gasteiger partial charge in [-0.3, -0.25) is 24.4 Å². The van der Waals surface area contributed by atoms with Crippen molar-refractivity contribution in [2.24, 2.45) is 17.8 Å². The molecule has 1 aliphatic heterocycles. The molecule has 2 aromatic rings. The number of sulfonamides is 1. The number of fused-ring (bicyclic) bond motifs is 2. The van der Waals surface area contributed by atoms with Gasteiger partial charge in [0.15, 0.2) is 0 Å². The van der Waals surface area contributed by atoms with E-state index >= 15 is 0 Å². The molecule has 46 heavy (non-hydrogen) atoms. The number of ether oxygens (including phenoxy) is 1. The first-order valence-electron chi connectivity index (χ1n) is 15.4. The number of benzene rings is 1. The maximum atomic E-state index is 14.1. The number of nitrogens with zero attached hydrogens (tertiary/aromatic N) is 2. The van der Waals surface area contributed by atoms with E-state index in [2.05, 4.69) is 20.3 Å². The highest BCUT2D eigenvalue weighted by molar-refractivity contribution is 7.91. The summed E-state index contributed by atoms with van der Waals surface area (Å²) in [7, 11) is -2.19. The third kappa shape index (κ3) is 6.80. The standard InChI is InChI=1S/C31H36FN5O7S2/c1-37-12-5-3-2-4-6-18-17-31(18,29(40)36-46(42,43)21-8-9-21)35-26(38)23-15-20(16-24(23)28(37)39)44-30(41)34-25-14-19(32)7-10-22(25)27-33-11-13-45-27/h4,6-7,10-11,13-14,18,20-21,23-24H,2-3,5,8-9,12,15-17H2,1H3,(H,34,41)(H,35,38)(H,36,40)/t18-,20-,23-,24-,31-/m1/s1. The second kappa shape index (κ2) is 12.7. The maximum absolute atomic E-state index is 14.1. The Labute approximate surface area is 270 Å². The van der Waals surface area contributed by atoms with Crippen LogP contribution in [-0.4, -0.2) is 72.6 Å². The largest absolute Gasteiger partial charge is 0.446 e. The maximum Gasteiger partial charge on any atom is 0.411 e. The van der Waals surface area contributed by atoms with E-state index in [4.69, 9.17) is 4.74 Å². The Bertz CT molecular complexity index is 1660. The Morgan fingerprint density at radius 2 is 1.96 bits per heavy atom. The molecule has 3 fully saturated rings. The number of carbonyl (C=O) groups is 4. The first-order valence-corrected chi connectivity index (χ1v) is 17.9. The zero-order chi connectivity index (χ0) is 32.6. The highest BCUT2D eigenvalue weighted by Gasteiger charge is 2.62. The molecule has 0 radical (unpaired) electrons. The van der Waals surface area contributed by atoms with Crippen molar-refractivity contribution in [2.75, 3.05) is 18.9 Å². The van der Waals surface area contributed by atoms with E-state index in [-0.39, 0.29) is 30.9 Å². The minimum Gasteiger partial charge on any atom is -0.446 e. The second-order valence-corrected chi connectivity index (χ2v) is 15.3. The molecule has 0 saturated heterocycles. The number of carbonyl (C=O) groups excluding carboxylic acids is 4. The summed E-state index contributed by atoms with van der Waals surface area (Å²) >= 11 is 1.32. The number of thiazole rings is 1. The number of amides is 4. The van der Waals surface area contributed by atoms with Crippen LogP contribution in [0.2, 0.25) is 0 Å². The smallest absolute Gasteiger partial charge is 0.411 e. The Morgan fingerprint density at radius 3 is 2.70 bits per heavy atom. The van der Waals surface area contributed by atoms with Crippen LogP contribution < -0.4 is 15.4 Å². The summed E-state index contributed by atoms with van der Waals surface area (Å²) in [4.78, 5) is 59.7. The third-order valence-corrected chi connectivity index (χ3v) is 11.8. The summed E-state index contributed by atoms with van der Waals surface area (Å²) in [5.41, 5.74) is -0.796. The Morgan fingerprint density at radius 1 is 1.17 bits per heavy atom. The highest BCUT2D eigenvalue weighted by atomic mass is 32.2. The van der Waals surface area contributed by atoms with Crippen LogP contribution >= 0.6 is 11.3 Å². The van der Waals surface area contributed by atoms with Gasteiger partial charge in [0.05, 0.1) is 22.8 Å². The van der Waals surface area contributed by atoms with Gasteiger partial charge < -0.3 is 15.0 Å². The van der Waals surface area contributed by atoms with Gasteiger partial charge in [-0.15, -0.1) is 11.3 Å². The monoisotopic (exact) mass is 673 g/mol. The lowest BCUT2D eigenvalue weighted by Gasteiger charge is -2.26. The van der Waals surface area contributed by atoms with Crippen molar-refractivity contribution in [3.05, 3.63) is 47.7 Å². The lowest BCUT2D eigenvalue weighted by molar-refractivity contribution is -0.140. The Hall–Kier alpha value is -3.85. The van der Waals surface area contributed by atoms with Crippen LogP contribution in [0.1, 0.15) is 51.4 Å². The lowest BCUT2D eigenvalue weighted by Crippen LogP contribution is -2.54. The first-order chi connectivity index (χ1) is 22.0. The minimum absolute atomic E-state index is 0.00453. The number of aromatic nitrogens is 1. The number of halogens is 1. The zero-order valence-corrected chi connectivity index (χ0v) is 26.9. The Balaban J connectivity index is 1.20. The number of nitrogens with one attached hydrogen (secondary N) is 3. The molecule has 3 saturated carbocycles. The average molecular weight is 674 g/mol. The second-order valence-electron chi connectivity index (χ2n) is 12.5. The van der Waals surface area contributed by atoms with Crippen molar-refractivity contribution >= 4 is 50.9 Å². The zero-order valence-electron chi connectivity index (χ0n) is 25.2. The summed E-state index contributed by atoms with van der Waals surface area (Å²) < 4.78 is 47.2. The van der Waals surface area contributed by atoms with Crippen LogP contribution in [0.15, 0.2) is 41.9 Å². The fourth-order valence-electron chi connectivity index (χ4n) is 6.35. The van der Waals surface area contributed by atoms with E-state index in [1.807, 2.05) is 12.2 Å². The molecule has 15 heteroatoms. The van der Waals surface area contributed by atoms with E-state index in [1.54, 1.807) is 23.5 Å². The Kier molecular flexibility index (Phi) is 8.89. The number of anilines is 1. The van der Waals surface area contributed by atoms with Gasteiger partial charge in [-0.05, 0) is 69.6 Å². The van der Waals surface area contributed by atoms with Gasteiger partial charge >= 0.3 is 6.09 Å². The molecule has 0 unspecified atom stereocenters. The molecule has 6 rings (SSSR count). The summed E-state index contributed by atoms with van der Waals surface area (Å²) in [5, 5.41) is 7.10. The summed E-state index contributed by atoms with van der Waals surface area (Å²) in [6.45, 7) is 0.484. The van der Waals surface area contributed by atoms with Gasteiger partial charge in [0.25, 0.3) is 5.91 Å². The lowest BCUT2D eigenvalue weighted by atomic mass is 9.93. The summed E-state index contributed by atoms with van der Waals surface area (Å²) in [6.07, 6.45) is 7.13. The predicted octanol–water partition coefficient (Wildman–Crippen LogP) is 3.57. The van der Waals surface area contributed by atoms with Gasteiger partial charge in [-0.25, -0.2) is 22.6 Å². The molecule has 0 spiro atoms. The predicted molar refractivity (Wildman–Crippen MR) is 167 cm³/mol. The molecule has 3 aliphatic carbocycles.